The second-order valence-electron chi connectivity index (χ2n) is 11.7. The highest BCUT2D eigenvalue weighted by Gasteiger charge is 2.43. The summed E-state index contributed by atoms with van der Waals surface area (Å²) in [5.74, 6) is 1.10. The number of benzene rings is 2. The Bertz CT molecular complexity index is 1410. The van der Waals surface area contributed by atoms with E-state index in [2.05, 4.69) is 15.9 Å². The molecule has 1 aromatic heterocycles. The van der Waals surface area contributed by atoms with Crippen molar-refractivity contribution >= 4 is 35.0 Å². The van der Waals surface area contributed by atoms with Crippen molar-refractivity contribution in [1.82, 2.24) is 19.6 Å². The number of carbonyl (C=O) groups excluding carboxylic acids is 2. The maximum Gasteiger partial charge on any atom is 0.254 e. The second-order valence-corrected chi connectivity index (χ2v) is 12.5. The van der Waals surface area contributed by atoms with E-state index >= 15 is 0 Å². The van der Waals surface area contributed by atoms with Crippen molar-refractivity contribution in [1.29, 1.82) is 0 Å². The van der Waals surface area contributed by atoms with E-state index in [1.165, 1.54) is 0 Å². The molecule has 6 rings (SSSR count). The number of amides is 2. The van der Waals surface area contributed by atoms with Gasteiger partial charge in [0.05, 0.1) is 28.9 Å². The Labute approximate surface area is 251 Å². The number of rotatable bonds is 7. The van der Waals surface area contributed by atoms with Gasteiger partial charge in [-0.1, -0.05) is 46.5 Å². The third-order valence-corrected chi connectivity index (χ3v) is 9.54. The van der Waals surface area contributed by atoms with Gasteiger partial charge in [0.15, 0.2) is 0 Å². The first-order valence-corrected chi connectivity index (χ1v) is 15.1. The van der Waals surface area contributed by atoms with Crippen LogP contribution in [0.1, 0.15) is 51.7 Å². The molecule has 3 aliphatic rings. The summed E-state index contributed by atoms with van der Waals surface area (Å²) in [4.78, 5) is 36.0. The first-order valence-electron chi connectivity index (χ1n) is 14.4. The van der Waals surface area contributed by atoms with Gasteiger partial charge in [0.1, 0.15) is 5.76 Å². The number of hydrogen-bond acceptors (Lipinski definition) is 5. The number of aryl methyl sites for hydroxylation is 2. The van der Waals surface area contributed by atoms with E-state index in [4.69, 9.17) is 27.6 Å². The molecule has 0 spiro atoms. The molecule has 3 aromatic rings. The summed E-state index contributed by atoms with van der Waals surface area (Å²) in [5, 5.41) is 0.916. The fourth-order valence-electron chi connectivity index (χ4n) is 6.84. The first kappa shape index (κ1) is 28.3. The molecule has 4 heterocycles. The Morgan fingerprint density at radius 2 is 1.66 bits per heavy atom. The minimum atomic E-state index is -0.292. The van der Waals surface area contributed by atoms with E-state index in [1.807, 2.05) is 60.0 Å². The van der Waals surface area contributed by atoms with Crippen molar-refractivity contribution in [2.45, 2.75) is 51.4 Å². The molecule has 0 aliphatic carbocycles. The molecule has 7 nitrogen and oxygen atoms in total. The molecule has 3 atom stereocenters. The molecule has 0 unspecified atom stereocenters. The van der Waals surface area contributed by atoms with Gasteiger partial charge in [0.25, 0.3) is 5.91 Å². The van der Waals surface area contributed by atoms with E-state index in [9.17, 15) is 9.59 Å². The molecular weight excluding hydrogens is 559 g/mol. The van der Waals surface area contributed by atoms with E-state index in [-0.39, 0.29) is 17.9 Å². The van der Waals surface area contributed by atoms with Gasteiger partial charge >= 0.3 is 0 Å². The molecule has 0 radical (unpaired) electrons. The summed E-state index contributed by atoms with van der Waals surface area (Å²) < 4.78 is 5.55. The zero-order valence-corrected chi connectivity index (χ0v) is 25.1. The highest BCUT2D eigenvalue weighted by atomic mass is 35.5. The van der Waals surface area contributed by atoms with E-state index in [0.29, 0.717) is 53.7 Å². The van der Waals surface area contributed by atoms with Crippen LogP contribution in [0.5, 0.6) is 0 Å². The van der Waals surface area contributed by atoms with Crippen molar-refractivity contribution in [2.75, 3.05) is 39.3 Å². The smallest absolute Gasteiger partial charge is 0.254 e. The van der Waals surface area contributed by atoms with Crippen molar-refractivity contribution in [3.63, 3.8) is 0 Å². The molecule has 0 N–H and O–H groups in total. The molecule has 3 aliphatic heterocycles. The van der Waals surface area contributed by atoms with Gasteiger partial charge in [-0.2, -0.15) is 0 Å². The summed E-state index contributed by atoms with van der Waals surface area (Å²) in [6.45, 7) is 8.95. The highest BCUT2D eigenvalue weighted by molar-refractivity contribution is 6.42. The van der Waals surface area contributed by atoms with Gasteiger partial charge in [0.2, 0.25) is 5.91 Å². The third kappa shape index (κ3) is 6.05. The van der Waals surface area contributed by atoms with Crippen molar-refractivity contribution < 1.29 is 14.0 Å². The quantitative estimate of drug-likeness (QED) is 0.357. The van der Waals surface area contributed by atoms with Gasteiger partial charge in [-0.15, -0.1) is 0 Å². The number of halogens is 2. The standard InChI is InChI=1S/C32H36Cl2N4O3/c1-21-12-22(2)14-24(13-21)32(40)36-9-10-38(30(20-36)23-5-6-28(33)29(34)15-23)31(39)7-8-35-17-26-16-25(35)18-37(26)19-27-4-3-11-41-27/h3-6,11-15,25-26,30H,7-10,16-20H2,1-2H3/t25-,26-,30-/m0/s1. The molecular formula is C32H36Cl2N4O3. The normalized spacial score (nSPS) is 23.0. The maximum absolute atomic E-state index is 13.7. The minimum absolute atomic E-state index is 0.0128. The fraction of sp³-hybridized carbons (Fsp3) is 0.438. The molecule has 41 heavy (non-hydrogen) atoms. The fourth-order valence-corrected chi connectivity index (χ4v) is 7.14. The number of carbonyl (C=O) groups is 2. The number of fused-ring (bicyclic) bond motifs is 2. The summed E-state index contributed by atoms with van der Waals surface area (Å²) in [6, 6.07) is 16.1. The SMILES string of the molecule is Cc1cc(C)cc(C(=O)N2CCN(C(=O)CCN3C[C@@H]4C[C@H]3CN4Cc3ccco3)[C@H](c3ccc(Cl)c(Cl)c3)C2)c1. The van der Waals surface area contributed by atoms with Crippen LogP contribution in [0.25, 0.3) is 0 Å². The van der Waals surface area contributed by atoms with Crippen LogP contribution in [-0.4, -0.2) is 82.8 Å². The van der Waals surface area contributed by atoms with E-state index in [1.54, 1.807) is 12.3 Å². The third-order valence-electron chi connectivity index (χ3n) is 8.80. The van der Waals surface area contributed by atoms with E-state index < -0.39 is 0 Å². The lowest BCUT2D eigenvalue weighted by atomic mass is 10.00. The Morgan fingerprint density at radius 3 is 2.34 bits per heavy atom. The highest BCUT2D eigenvalue weighted by Crippen LogP contribution is 2.34. The van der Waals surface area contributed by atoms with Crippen molar-refractivity contribution in [3.05, 3.63) is 92.9 Å². The van der Waals surface area contributed by atoms with Crippen LogP contribution < -0.4 is 0 Å². The van der Waals surface area contributed by atoms with Crippen LogP contribution in [0.15, 0.2) is 59.2 Å². The van der Waals surface area contributed by atoms with Crippen LogP contribution >= 0.6 is 23.2 Å². The average molecular weight is 596 g/mol. The van der Waals surface area contributed by atoms with Gasteiger partial charge in [-0.3, -0.25) is 19.4 Å². The second kappa shape index (κ2) is 11.8. The molecule has 9 heteroatoms. The molecule has 2 amide bonds. The molecule has 3 fully saturated rings. The Kier molecular flexibility index (Phi) is 8.14. The number of piperazine rings is 2. The van der Waals surface area contributed by atoms with Crippen LogP contribution in [-0.2, 0) is 11.3 Å². The predicted octanol–water partition coefficient (Wildman–Crippen LogP) is 5.58. The molecule has 0 saturated carbocycles. The first-order chi connectivity index (χ1) is 19.7. The Balaban J connectivity index is 1.12. The van der Waals surface area contributed by atoms with Crippen molar-refractivity contribution in [2.24, 2.45) is 0 Å². The zero-order chi connectivity index (χ0) is 28.7. The van der Waals surface area contributed by atoms with Gasteiger partial charge in [0, 0.05) is 63.3 Å². The summed E-state index contributed by atoms with van der Waals surface area (Å²) in [6.07, 6.45) is 3.32. The van der Waals surface area contributed by atoms with Crippen LogP contribution in [0.3, 0.4) is 0 Å². The largest absolute Gasteiger partial charge is 0.468 e. The average Bonchev–Trinajstić information content (AvgIpc) is 3.70. The van der Waals surface area contributed by atoms with E-state index in [0.717, 1.165) is 55.1 Å². The lowest BCUT2D eigenvalue weighted by Gasteiger charge is -2.42. The Hall–Kier alpha value is -2.84. The molecule has 3 saturated heterocycles. The summed E-state index contributed by atoms with van der Waals surface area (Å²) in [5.41, 5.74) is 3.69. The molecule has 2 aromatic carbocycles. The lowest BCUT2D eigenvalue weighted by molar-refractivity contribution is -0.136. The number of nitrogens with zero attached hydrogens (tertiary/aromatic N) is 4. The Morgan fingerprint density at radius 1 is 0.902 bits per heavy atom. The van der Waals surface area contributed by atoms with Crippen LogP contribution in [0, 0.1) is 13.8 Å². The molecule has 2 bridgehead atoms. The van der Waals surface area contributed by atoms with Crippen molar-refractivity contribution in [3.8, 4) is 0 Å². The van der Waals surface area contributed by atoms with Gasteiger partial charge in [-0.25, -0.2) is 0 Å². The monoisotopic (exact) mass is 594 g/mol. The lowest BCUT2D eigenvalue weighted by Crippen LogP contribution is -2.53. The van der Waals surface area contributed by atoms with Gasteiger partial charge < -0.3 is 14.2 Å². The predicted molar refractivity (Wildman–Crippen MR) is 160 cm³/mol. The maximum atomic E-state index is 13.7. The molecule has 216 valence electrons. The number of likely N-dealkylation sites (tertiary alicyclic amines) is 2. The van der Waals surface area contributed by atoms with Crippen LogP contribution in [0.4, 0.5) is 0 Å². The number of hydrogen-bond donors (Lipinski definition) is 0. The number of furan rings is 1. The topological polar surface area (TPSA) is 60.2 Å². The van der Waals surface area contributed by atoms with Crippen LogP contribution in [0.2, 0.25) is 10.0 Å². The van der Waals surface area contributed by atoms with Gasteiger partial charge in [-0.05, 0) is 62.2 Å². The summed E-state index contributed by atoms with van der Waals surface area (Å²) in [7, 11) is 0. The zero-order valence-electron chi connectivity index (χ0n) is 23.6. The minimum Gasteiger partial charge on any atom is -0.468 e. The summed E-state index contributed by atoms with van der Waals surface area (Å²) >= 11 is 12.6.